The predicted molar refractivity (Wildman–Crippen MR) is 153 cm³/mol. The number of benzene rings is 3. The Morgan fingerprint density at radius 2 is 1.50 bits per heavy atom. The Balaban J connectivity index is 2.10. The van der Waals surface area contributed by atoms with E-state index in [1.807, 2.05) is 0 Å². The summed E-state index contributed by atoms with van der Waals surface area (Å²) in [6.07, 6.45) is 0.268. The van der Waals surface area contributed by atoms with Gasteiger partial charge in [0.1, 0.15) is 12.6 Å². The lowest BCUT2D eigenvalue weighted by Gasteiger charge is -2.33. The highest BCUT2D eigenvalue weighted by molar-refractivity contribution is 7.92. The molecule has 3 aromatic carbocycles. The SMILES string of the molecule is CC[C@@H](C(=O)NC)N(Cc1ccc(Cl)cc1Cl)C(=O)CN(c1ccc(Cl)cc1Cl)S(=O)(=O)c1ccccc1. The standard InChI is InChI=1S/C26H25Cl4N3O4S/c1-3-23(26(35)31-2)32(15-17-9-10-18(27)13-21(17)29)25(34)16-33(24-12-11-19(28)14-22(24)30)38(36,37)20-7-5-4-6-8-20/h4-14,23H,3,15-16H2,1-2H3,(H,31,35)/t23-/m0/s1. The molecule has 0 unspecified atom stereocenters. The Hall–Kier alpha value is -2.49. The predicted octanol–water partition coefficient (Wildman–Crippen LogP) is 6.05. The molecule has 202 valence electrons. The zero-order valence-corrected chi connectivity index (χ0v) is 24.3. The molecule has 2 amide bonds. The van der Waals surface area contributed by atoms with Gasteiger partial charge in [-0.1, -0.05) is 77.6 Å². The minimum atomic E-state index is -4.25. The summed E-state index contributed by atoms with van der Waals surface area (Å²) in [5.41, 5.74) is 0.597. The largest absolute Gasteiger partial charge is 0.357 e. The van der Waals surface area contributed by atoms with Gasteiger partial charge in [-0.15, -0.1) is 0 Å². The van der Waals surface area contributed by atoms with Gasteiger partial charge in [-0.25, -0.2) is 8.42 Å². The topological polar surface area (TPSA) is 86.8 Å². The first-order valence-electron chi connectivity index (χ1n) is 11.5. The molecular weight excluding hydrogens is 592 g/mol. The van der Waals surface area contributed by atoms with E-state index in [1.54, 1.807) is 37.3 Å². The van der Waals surface area contributed by atoms with Crippen LogP contribution >= 0.6 is 46.4 Å². The molecule has 0 radical (unpaired) electrons. The van der Waals surface area contributed by atoms with Gasteiger partial charge in [0.2, 0.25) is 11.8 Å². The van der Waals surface area contributed by atoms with Crippen LogP contribution in [-0.4, -0.2) is 44.8 Å². The number of hydrogen-bond donors (Lipinski definition) is 1. The summed E-state index contributed by atoms with van der Waals surface area (Å²) in [6.45, 7) is 1.05. The van der Waals surface area contributed by atoms with Crippen molar-refractivity contribution in [1.82, 2.24) is 10.2 Å². The lowest BCUT2D eigenvalue weighted by Crippen LogP contribution is -2.51. The maximum Gasteiger partial charge on any atom is 0.264 e. The van der Waals surface area contributed by atoms with E-state index < -0.39 is 34.4 Å². The summed E-state index contributed by atoms with van der Waals surface area (Å²) in [7, 11) is -2.79. The van der Waals surface area contributed by atoms with Crippen molar-refractivity contribution >= 4 is 73.9 Å². The molecule has 0 aliphatic rings. The third-order valence-corrected chi connectivity index (χ3v) is 8.68. The highest BCUT2D eigenvalue weighted by Gasteiger charge is 2.34. The molecule has 0 spiro atoms. The van der Waals surface area contributed by atoms with Crippen LogP contribution in [0, 0.1) is 0 Å². The molecule has 0 aliphatic heterocycles. The van der Waals surface area contributed by atoms with Crippen molar-refractivity contribution in [3.8, 4) is 0 Å². The van der Waals surface area contributed by atoms with Crippen LogP contribution in [0.4, 0.5) is 5.69 Å². The summed E-state index contributed by atoms with van der Waals surface area (Å²) in [6, 6.07) is 15.8. The number of hydrogen-bond acceptors (Lipinski definition) is 4. The number of likely N-dealkylation sites (N-methyl/N-ethyl adjacent to an activating group) is 1. The van der Waals surface area contributed by atoms with Crippen molar-refractivity contribution in [1.29, 1.82) is 0 Å². The van der Waals surface area contributed by atoms with Gasteiger partial charge in [0.05, 0.1) is 15.6 Å². The summed E-state index contributed by atoms with van der Waals surface area (Å²) in [5.74, 6) is -1.05. The van der Waals surface area contributed by atoms with Gasteiger partial charge in [0, 0.05) is 28.7 Å². The first kappa shape index (κ1) is 30.1. The van der Waals surface area contributed by atoms with Crippen LogP contribution in [0.25, 0.3) is 0 Å². The van der Waals surface area contributed by atoms with E-state index in [4.69, 9.17) is 46.4 Å². The van der Waals surface area contributed by atoms with E-state index in [-0.39, 0.29) is 28.6 Å². The van der Waals surface area contributed by atoms with Gasteiger partial charge >= 0.3 is 0 Å². The average molecular weight is 617 g/mol. The van der Waals surface area contributed by atoms with Gasteiger partial charge in [-0.05, 0) is 54.4 Å². The number of nitrogens with one attached hydrogen (secondary N) is 1. The summed E-state index contributed by atoms with van der Waals surface area (Å²) < 4.78 is 28.4. The van der Waals surface area contributed by atoms with Crippen LogP contribution in [0.1, 0.15) is 18.9 Å². The Morgan fingerprint density at radius 1 is 0.895 bits per heavy atom. The number of nitrogens with zero attached hydrogens (tertiary/aromatic N) is 2. The van der Waals surface area contributed by atoms with Crippen LogP contribution in [-0.2, 0) is 26.2 Å². The van der Waals surface area contributed by atoms with Crippen molar-refractivity contribution in [3.63, 3.8) is 0 Å². The average Bonchev–Trinajstić information content (AvgIpc) is 2.88. The molecule has 7 nitrogen and oxygen atoms in total. The van der Waals surface area contributed by atoms with Crippen molar-refractivity contribution < 1.29 is 18.0 Å². The number of carbonyl (C=O) groups is 2. The van der Waals surface area contributed by atoms with Gasteiger partial charge < -0.3 is 10.2 Å². The third-order valence-electron chi connectivity index (χ3n) is 5.78. The second-order valence-corrected chi connectivity index (χ2v) is 11.8. The lowest BCUT2D eigenvalue weighted by molar-refractivity contribution is -0.140. The van der Waals surface area contributed by atoms with Crippen LogP contribution in [0.15, 0.2) is 71.6 Å². The summed E-state index contributed by atoms with van der Waals surface area (Å²) in [4.78, 5) is 27.9. The van der Waals surface area contributed by atoms with Crippen LogP contribution in [0.5, 0.6) is 0 Å². The molecule has 1 atom stereocenters. The number of sulfonamides is 1. The molecule has 1 N–H and O–H groups in total. The van der Waals surface area contributed by atoms with E-state index in [9.17, 15) is 18.0 Å². The van der Waals surface area contributed by atoms with Gasteiger partial charge in [-0.2, -0.15) is 0 Å². The molecule has 0 fully saturated rings. The van der Waals surface area contributed by atoms with Crippen LogP contribution < -0.4 is 9.62 Å². The van der Waals surface area contributed by atoms with Gasteiger partial charge in [0.15, 0.2) is 0 Å². The summed E-state index contributed by atoms with van der Waals surface area (Å²) in [5, 5.41) is 3.61. The zero-order chi connectivity index (χ0) is 28.0. The first-order valence-corrected chi connectivity index (χ1v) is 14.4. The molecule has 0 saturated carbocycles. The quantitative estimate of drug-likeness (QED) is 0.300. The lowest BCUT2D eigenvalue weighted by atomic mass is 10.1. The fourth-order valence-corrected chi connectivity index (χ4v) is 6.32. The van der Waals surface area contributed by atoms with E-state index >= 15 is 0 Å². The molecule has 38 heavy (non-hydrogen) atoms. The number of rotatable bonds is 10. The third kappa shape index (κ3) is 6.93. The number of amides is 2. The van der Waals surface area contributed by atoms with E-state index in [0.717, 1.165) is 4.31 Å². The summed E-state index contributed by atoms with van der Waals surface area (Å²) >= 11 is 24.8. The maximum absolute atomic E-state index is 13.9. The van der Waals surface area contributed by atoms with Gasteiger partial charge in [0.25, 0.3) is 10.0 Å². The normalized spacial score (nSPS) is 12.1. The zero-order valence-electron chi connectivity index (χ0n) is 20.5. The molecule has 0 bridgehead atoms. The molecule has 0 aliphatic carbocycles. The maximum atomic E-state index is 13.9. The highest BCUT2D eigenvalue weighted by Crippen LogP contribution is 2.33. The molecule has 12 heteroatoms. The number of carbonyl (C=O) groups excluding carboxylic acids is 2. The molecule has 3 aromatic rings. The highest BCUT2D eigenvalue weighted by atomic mass is 35.5. The van der Waals surface area contributed by atoms with Crippen molar-refractivity contribution in [2.75, 3.05) is 17.9 Å². The Labute approximate surface area is 242 Å². The van der Waals surface area contributed by atoms with Crippen molar-refractivity contribution in [3.05, 3.63) is 92.4 Å². The molecular formula is C26H25Cl4N3O4S. The molecule has 0 saturated heterocycles. The smallest absolute Gasteiger partial charge is 0.264 e. The molecule has 3 rings (SSSR count). The molecule has 0 heterocycles. The Bertz CT molecular complexity index is 1420. The first-order chi connectivity index (χ1) is 18.0. The van der Waals surface area contributed by atoms with Gasteiger partial charge in [-0.3, -0.25) is 13.9 Å². The fourth-order valence-electron chi connectivity index (χ4n) is 3.84. The monoisotopic (exact) mass is 615 g/mol. The van der Waals surface area contributed by atoms with Crippen LogP contribution in [0.3, 0.4) is 0 Å². The van der Waals surface area contributed by atoms with E-state index in [1.165, 1.54) is 48.3 Å². The van der Waals surface area contributed by atoms with E-state index in [2.05, 4.69) is 5.32 Å². The minimum Gasteiger partial charge on any atom is -0.357 e. The Morgan fingerprint density at radius 3 is 2.05 bits per heavy atom. The van der Waals surface area contributed by atoms with Crippen molar-refractivity contribution in [2.45, 2.75) is 30.8 Å². The Kier molecular flexibility index (Phi) is 10.3. The van der Waals surface area contributed by atoms with E-state index in [0.29, 0.717) is 20.6 Å². The van der Waals surface area contributed by atoms with Crippen LogP contribution in [0.2, 0.25) is 20.1 Å². The molecule has 0 aromatic heterocycles. The fraction of sp³-hybridized carbons (Fsp3) is 0.231. The minimum absolute atomic E-state index is 0.0374. The number of halogens is 4. The van der Waals surface area contributed by atoms with Crippen molar-refractivity contribution in [2.24, 2.45) is 0 Å². The second-order valence-electron chi connectivity index (χ2n) is 8.22. The number of anilines is 1. The second kappa shape index (κ2) is 13.0.